The Morgan fingerprint density at radius 3 is 2.67 bits per heavy atom. The van der Waals surface area contributed by atoms with E-state index in [1.807, 2.05) is 0 Å². The van der Waals surface area contributed by atoms with Gasteiger partial charge in [0, 0.05) is 12.1 Å². The zero-order valence-corrected chi connectivity index (χ0v) is 8.13. The molecule has 4 nitrogen and oxygen atoms in total. The van der Waals surface area contributed by atoms with E-state index >= 15 is 0 Å². The van der Waals surface area contributed by atoms with Gasteiger partial charge in [-0.3, -0.25) is 0 Å². The van der Waals surface area contributed by atoms with Crippen LogP contribution in [-0.4, -0.2) is 16.1 Å². The molecule has 15 heavy (non-hydrogen) atoms. The van der Waals surface area contributed by atoms with Crippen LogP contribution >= 0.6 is 11.6 Å². The Hall–Kier alpha value is -1.27. The van der Waals surface area contributed by atoms with Gasteiger partial charge in [0.2, 0.25) is 0 Å². The lowest BCUT2D eigenvalue weighted by Crippen LogP contribution is -2.11. The van der Waals surface area contributed by atoms with Gasteiger partial charge in [-0.2, -0.15) is 0 Å². The fourth-order valence-corrected chi connectivity index (χ4v) is 1.29. The largest absolute Gasteiger partial charge is 0.477 e. The average molecular weight is 237 g/mol. The van der Waals surface area contributed by atoms with E-state index < -0.39 is 23.8 Å². The van der Waals surface area contributed by atoms with Crippen molar-refractivity contribution in [2.45, 2.75) is 13.0 Å². The van der Waals surface area contributed by atoms with Crippen molar-refractivity contribution in [2.75, 3.05) is 0 Å². The Morgan fingerprint density at radius 2 is 2.27 bits per heavy atom. The smallest absolute Gasteiger partial charge is 0.354 e. The zero-order chi connectivity index (χ0) is 11.6. The van der Waals surface area contributed by atoms with E-state index in [4.69, 9.17) is 22.4 Å². The van der Waals surface area contributed by atoms with E-state index in [1.54, 1.807) is 0 Å². The highest BCUT2D eigenvalue weighted by Crippen LogP contribution is 2.27. The maximum atomic E-state index is 12.3. The summed E-state index contributed by atoms with van der Waals surface area (Å²) in [6, 6.07) is 1.10. The molecule has 1 aromatic rings. The Labute approximate surface area is 88.7 Å². The second-order valence-electron chi connectivity index (χ2n) is 2.67. The van der Waals surface area contributed by atoms with Crippen molar-refractivity contribution in [1.29, 1.82) is 0 Å². The van der Waals surface area contributed by atoms with Gasteiger partial charge in [-0.1, -0.05) is 11.6 Å². The lowest BCUT2D eigenvalue weighted by molar-refractivity contribution is 0.0687. The average Bonchev–Trinajstić information content (AvgIpc) is 2.16. The summed E-state index contributed by atoms with van der Waals surface area (Å²) in [5, 5.41) is 8.41. The summed E-state index contributed by atoms with van der Waals surface area (Å²) >= 11 is 5.49. The van der Waals surface area contributed by atoms with Crippen molar-refractivity contribution < 1.29 is 18.7 Å². The molecule has 0 amide bonds. The molecule has 0 saturated carbocycles. The van der Waals surface area contributed by atoms with E-state index in [1.165, 1.54) is 0 Å². The van der Waals surface area contributed by atoms with Crippen LogP contribution in [0.2, 0.25) is 5.02 Å². The number of pyridine rings is 1. The zero-order valence-electron chi connectivity index (χ0n) is 7.38. The number of carbonyl (C=O) groups is 1. The highest BCUT2D eigenvalue weighted by atomic mass is 35.5. The minimum atomic E-state index is -2.91. The maximum Gasteiger partial charge on any atom is 0.354 e. The van der Waals surface area contributed by atoms with Gasteiger partial charge in [-0.05, 0) is 6.07 Å². The molecule has 0 fully saturated rings. The number of nitrogens with zero attached hydrogens (tertiary/aromatic N) is 1. The Kier molecular flexibility index (Phi) is 3.54. The summed E-state index contributed by atoms with van der Waals surface area (Å²) < 4.78 is 24.7. The number of alkyl halides is 2. The summed E-state index contributed by atoms with van der Waals surface area (Å²) in [5.74, 6) is -1.41. The fraction of sp³-hybridized carbons (Fsp3) is 0.250. The predicted octanol–water partition coefficient (Wildman–Crippen LogP) is 1.83. The van der Waals surface area contributed by atoms with E-state index in [9.17, 15) is 13.6 Å². The molecular formula is C8H7ClF2N2O2. The Balaban J connectivity index is 3.37. The van der Waals surface area contributed by atoms with Gasteiger partial charge >= 0.3 is 5.97 Å². The summed E-state index contributed by atoms with van der Waals surface area (Å²) in [6.07, 6.45) is -2.91. The van der Waals surface area contributed by atoms with Gasteiger partial charge in [0.05, 0.1) is 5.02 Å². The molecule has 0 aliphatic rings. The number of aromatic carboxylic acids is 1. The molecule has 0 aliphatic heterocycles. The number of nitrogens with two attached hydrogens (primary N) is 1. The molecule has 0 spiro atoms. The number of halogens is 3. The molecule has 1 rings (SSSR count). The second kappa shape index (κ2) is 4.50. The van der Waals surface area contributed by atoms with Crippen LogP contribution in [0.25, 0.3) is 0 Å². The summed E-state index contributed by atoms with van der Waals surface area (Å²) in [7, 11) is 0. The molecule has 3 N–H and O–H groups in total. The van der Waals surface area contributed by atoms with E-state index in [2.05, 4.69) is 4.98 Å². The van der Waals surface area contributed by atoms with Crippen LogP contribution in [0.5, 0.6) is 0 Å². The maximum absolute atomic E-state index is 12.3. The van der Waals surface area contributed by atoms with E-state index in [0.717, 1.165) is 6.07 Å². The third-order valence-electron chi connectivity index (χ3n) is 1.71. The van der Waals surface area contributed by atoms with Crippen molar-refractivity contribution >= 4 is 17.6 Å². The molecule has 7 heteroatoms. The molecule has 0 aliphatic carbocycles. The topological polar surface area (TPSA) is 76.2 Å². The van der Waals surface area contributed by atoms with E-state index in [0.29, 0.717) is 0 Å². The standard InChI is InChI=1S/C8H7ClF2N2O2/c9-4-1-3(2-12)5(8(14)15)13-6(4)7(10)11/h1,7H,2,12H2,(H,14,15). The van der Waals surface area contributed by atoms with Gasteiger partial charge < -0.3 is 10.8 Å². The fourth-order valence-electron chi connectivity index (χ4n) is 1.03. The van der Waals surface area contributed by atoms with Gasteiger partial charge in [0.15, 0.2) is 5.69 Å². The number of carboxylic acids is 1. The SMILES string of the molecule is NCc1cc(Cl)c(C(F)F)nc1C(=O)O. The number of rotatable bonds is 3. The highest BCUT2D eigenvalue weighted by molar-refractivity contribution is 6.31. The molecule has 1 heterocycles. The van der Waals surface area contributed by atoms with Gasteiger partial charge in [-0.15, -0.1) is 0 Å². The van der Waals surface area contributed by atoms with Crippen molar-refractivity contribution in [2.24, 2.45) is 5.73 Å². The van der Waals surface area contributed by atoms with Crippen LogP contribution in [0.4, 0.5) is 8.78 Å². The van der Waals surface area contributed by atoms with Crippen molar-refractivity contribution in [3.8, 4) is 0 Å². The third-order valence-corrected chi connectivity index (χ3v) is 2.01. The molecule has 82 valence electrons. The predicted molar refractivity (Wildman–Crippen MR) is 49.1 cm³/mol. The Bertz CT molecular complexity index is 398. The quantitative estimate of drug-likeness (QED) is 0.839. The monoisotopic (exact) mass is 236 g/mol. The van der Waals surface area contributed by atoms with E-state index in [-0.39, 0.29) is 17.1 Å². The van der Waals surface area contributed by atoms with Gasteiger partial charge in [0.25, 0.3) is 6.43 Å². The third kappa shape index (κ3) is 2.40. The molecule has 1 aromatic heterocycles. The Morgan fingerprint density at radius 1 is 1.67 bits per heavy atom. The van der Waals surface area contributed by atoms with Gasteiger partial charge in [-0.25, -0.2) is 18.6 Å². The molecule has 0 saturated heterocycles. The normalized spacial score (nSPS) is 10.7. The summed E-state index contributed by atoms with van der Waals surface area (Å²) in [5.41, 5.74) is 4.12. The van der Waals surface area contributed by atoms with Crippen molar-refractivity contribution in [1.82, 2.24) is 4.98 Å². The molecular weight excluding hydrogens is 230 g/mol. The van der Waals surface area contributed by atoms with Crippen LogP contribution in [0.1, 0.15) is 28.2 Å². The number of carboxylic acid groups (broad SMARTS) is 1. The lowest BCUT2D eigenvalue weighted by atomic mass is 10.1. The van der Waals surface area contributed by atoms with Crippen LogP contribution in [0.15, 0.2) is 6.07 Å². The van der Waals surface area contributed by atoms with Crippen LogP contribution in [0.3, 0.4) is 0 Å². The molecule has 0 atom stereocenters. The van der Waals surface area contributed by atoms with Crippen LogP contribution in [-0.2, 0) is 6.54 Å². The van der Waals surface area contributed by atoms with Crippen molar-refractivity contribution in [3.05, 3.63) is 28.0 Å². The highest BCUT2D eigenvalue weighted by Gasteiger charge is 2.20. The molecule has 0 bridgehead atoms. The van der Waals surface area contributed by atoms with Crippen molar-refractivity contribution in [3.63, 3.8) is 0 Å². The van der Waals surface area contributed by atoms with Crippen LogP contribution < -0.4 is 5.73 Å². The van der Waals surface area contributed by atoms with Crippen LogP contribution in [0, 0.1) is 0 Å². The first kappa shape index (κ1) is 11.8. The minimum absolute atomic E-state index is 0.122. The second-order valence-corrected chi connectivity index (χ2v) is 3.08. The molecule has 0 aromatic carbocycles. The number of hydrogen-bond donors (Lipinski definition) is 2. The lowest BCUT2D eigenvalue weighted by Gasteiger charge is -2.07. The summed E-state index contributed by atoms with van der Waals surface area (Å²) in [6.45, 7) is -0.127. The first-order valence-corrected chi connectivity index (χ1v) is 4.26. The first-order valence-electron chi connectivity index (χ1n) is 3.88. The number of aromatic nitrogens is 1. The molecule has 0 radical (unpaired) electrons. The number of hydrogen-bond acceptors (Lipinski definition) is 3. The first-order chi connectivity index (χ1) is 6.97. The summed E-state index contributed by atoms with van der Waals surface area (Å²) in [4.78, 5) is 13.9. The minimum Gasteiger partial charge on any atom is -0.477 e. The molecule has 0 unspecified atom stereocenters. The van der Waals surface area contributed by atoms with Gasteiger partial charge in [0.1, 0.15) is 5.69 Å².